The number of hydrogen-bond donors (Lipinski definition) is 1. The molecule has 0 radical (unpaired) electrons. The summed E-state index contributed by atoms with van der Waals surface area (Å²) in [7, 11) is 0. The molecule has 1 atom stereocenters. The van der Waals surface area contributed by atoms with Crippen LogP contribution in [0.3, 0.4) is 0 Å². The molecule has 86 valence electrons. The number of rotatable bonds is 3. The van der Waals surface area contributed by atoms with E-state index in [1.54, 1.807) is 0 Å². The second-order valence-corrected chi connectivity index (χ2v) is 4.20. The zero-order valence-corrected chi connectivity index (χ0v) is 9.53. The largest absolute Gasteiger partial charge is 0.381 e. The third-order valence-electron chi connectivity index (χ3n) is 3.01. The lowest BCUT2D eigenvalue weighted by Gasteiger charge is -2.10. The van der Waals surface area contributed by atoms with E-state index in [1.807, 2.05) is 18.2 Å². The lowest BCUT2D eigenvalue weighted by Crippen LogP contribution is -2.30. The van der Waals surface area contributed by atoms with Crippen LogP contribution in [0.15, 0.2) is 24.3 Å². The number of aryl methyl sites for hydroxylation is 1. The Labute approximate surface area is 95.8 Å². The summed E-state index contributed by atoms with van der Waals surface area (Å²) in [5.41, 5.74) is 2.39. The Morgan fingerprint density at radius 3 is 3.00 bits per heavy atom. The maximum Gasteiger partial charge on any atom is 0.225 e. The highest BCUT2D eigenvalue weighted by atomic mass is 16.5. The van der Waals surface area contributed by atoms with E-state index < -0.39 is 0 Å². The molecule has 0 aliphatic carbocycles. The van der Waals surface area contributed by atoms with Crippen LogP contribution in [0, 0.1) is 12.8 Å². The molecule has 0 bridgehead atoms. The fourth-order valence-electron chi connectivity index (χ4n) is 1.88. The molecule has 2 rings (SSSR count). The van der Waals surface area contributed by atoms with Crippen LogP contribution in [-0.4, -0.2) is 19.1 Å². The standard InChI is InChI=1S/C13H17NO2/c1-10-4-2-3-5-11(10)8-14-13(15)12-6-7-16-9-12/h2-5,12H,6-9H2,1H3,(H,14,15). The van der Waals surface area contributed by atoms with Crippen molar-refractivity contribution in [2.24, 2.45) is 5.92 Å². The van der Waals surface area contributed by atoms with Crippen molar-refractivity contribution >= 4 is 5.91 Å². The lowest BCUT2D eigenvalue weighted by atomic mass is 10.1. The number of hydrogen-bond acceptors (Lipinski definition) is 2. The first-order chi connectivity index (χ1) is 7.77. The Morgan fingerprint density at radius 1 is 1.50 bits per heavy atom. The van der Waals surface area contributed by atoms with Crippen molar-refractivity contribution in [1.29, 1.82) is 0 Å². The maximum absolute atomic E-state index is 11.7. The molecule has 1 aromatic carbocycles. The van der Waals surface area contributed by atoms with Crippen LogP contribution in [0.2, 0.25) is 0 Å². The van der Waals surface area contributed by atoms with E-state index in [0.29, 0.717) is 19.8 Å². The molecule has 1 saturated heterocycles. The number of benzene rings is 1. The number of amides is 1. The van der Waals surface area contributed by atoms with E-state index in [0.717, 1.165) is 6.42 Å². The summed E-state index contributed by atoms with van der Waals surface area (Å²) in [5, 5.41) is 2.96. The molecule has 1 heterocycles. The minimum Gasteiger partial charge on any atom is -0.381 e. The van der Waals surface area contributed by atoms with Gasteiger partial charge in [0.15, 0.2) is 0 Å². The third-order valence-corrected chi connectivity index (χ3v) is 3.01. The van der Waals surface area contributed by atoms with Gasteiger partial charge in [-0.2, -0.15) is 0 Å². The molecule has 1 aliphatic rings. The number of carbonyl (C=O) groups is 1. The Hall–Kier alpha value is -1.35. The lowest BCUT2D eigenvalue weighted by molar-refractivity contribution is -0.125. The molecule has 3 heteroatoms. The van der Waals surface area contributed by atoms with E-state index in [-0.39, 0.29) is 11.8 Å². The zero-order valence-electron chi connectivity index (χ0n) is 9.53. The minimum atomic E-state index is 0.0454. The summed E-state index contributed by atoms with van der Waals surface area (Å²) in [5.74, 6) is 0.157. The highest BCUT2D eigenvalue weighted by Gasteiger charge is 2.22. The zero-order chi connectivity index (χ0) is 11.4. The Kier molecular flexibility index (Phi) is 3.57. The van der Waals surface area contributed by atoms with Crippen LogP contribution in [0.4, 0.5) is 0 Å². The third kappa shape index (κ3) is 2.61. The molecular formula is C13H17NO2. The van der Waals surface area contributed by atoms with Crippen LogP contribution < -0.4 is 5.32 Å². The molecule has 1 amide bonds. The van der Waals surface area contributed by atoms with E-state index in [2.05, 4.69) is 18.3 Å². The molecule has 1 unspecified atom stereocenters. The van der Waals surface area contributed by atoms with Crippen molar-refractivity contribution in [3.63, 3.8) is 0 Å². The van der Waals surface area contributed by atoms with Gasteiger partial charge in [0.2, 0.25) is 5.91 Å². The summed E-state index contributed by atoms with van der Waals surface area (Å²) in [6.45, 7) is 3.95. The molecule has 1 aliphatic heterocycles. The second kappa shape index (κ2) is 5.12. The number of ether oxygens (including phenoxy) is 1. The second-order valence-electron chi connectivity index (χ2n) is 4.20. The van der Waals surface area contributed by atoms with Gasteiger partial charge in [-0.1, -0.05) is 24.3 Å². The van der Waals surface area contributed by atoms with Gasteiger partial charge in [0, 0.05) is 13.2 Å². The van der Waals surface area contributed by atoms with Gasteiger partial charge < -0.3 is 10.1 Å². The van der Waals surface area contributed by atoms with E-state index >= 15 is 0 Å². The first-order valence-electron chi connectivity index (χ1n) is 5.67. The Morgan fingerprint density at radius 2 is 2.31 bits per heavy atom. The van der Waals surface area contributed by atoms with Gasteiger partial charge in [0.05, 0.1) is 12.5 Å². The van der Waals surface area contributed by atoms with Crippen LogP contribution in [0.25, 0.3) is 0 Å². The quantitative estimate of drug-likeness (QED) is 0.839. The summed E-state index contributed by atoms with van der Waals surface area (Å²) < 4.78 is 5.19. The van der Waals surface area contributed by atoms with Gasteiger partial charge in [-0.25, -0.2) is 0 Å². The SMILES string of the molecule is Cc1ccccc1CNC(=O)C1CCOC1. The summed E-state index contributed by atoms with van der Waals surface area (Å²) >= 11 is 0. The van der Waals surface area contributed by atoms with E-state index in [4.69, 9.17) is 4.74 Å². The van der Waals surface area contributed by atoms with Crippen molar-refractivity contribution in [2.45, 2.75) is 19.9 Å². The number of nitrogens with one attached hydrogen (secondary N) is 1. The predicted molar refractivity (Wildman–Crippen MR) is 62.0 cm³/mol. The van der Waals surface area contributed by atoms with Gasteiger partial charge in [0.25, 0.3) is 0 Å². The minimum absolute atomic E-state index is 0.0454. The van der Waals surface area contributed by atoms with Crippen LogP contribution in [-0.2, 0) is 16.1 Å². The molecule has 1 aromatic rings. The van der Waals surface area contributed by atoms with Gasteiger partial charge in [-0.15, -0.1) is 0 Å². The van der Waals surface area contributed by atoms with E-state index in [1.165, 1.54) is 11.1 Å². The van der Waals surface area contributed by atoms with E-state index in [9.17, 15) is 4.79 Å². The average molecular weight is 219 g/mol. The van der Waals surface area contributed by atoms with Gasteiger partial charge in [-0.05, 0) is 24.5 Å². The molecule has 16 heavy (non-hydrogen) atoms. The first kappa shape index (κ1) is 11.1. The molecule has 0 saturated carbocycles. The normalized spacial score (nSPS) is 19.7. The fourth-order valence-corrected chi connectivity index (χ4v) is 1.88. The van der Waals surface area contributed by atoms with Gasteiger partial charge >= 0.3 is 0 Å². The molecule has 1 fully saturated rings. The van der Waals surface area contributed by atoms with Crippen molar-refractivity contribution in [1.82, 2.24) is 5.32 Å². The highest BCUT2D eigenvalue weighted by molar-refractivity contribution is 5.79. The van der Waals surface area contributed by atoms with Crippen LogP contribution in [0.5, 0.6) is 0 Å². The summed E-state index contributed by atoms with van der Waals surface area (Å²) in [6, 6.07) is 8.10. The molecule has 0 spiro atoms. The molecule has 3 nitrogen and oxygen atoms in total. The van der Waals surface area contributed by atoms with Crippen molar-refractivity contribution in [2.75, 3.05) is 13.2 Å². The first-order valence-corrected chi connectivity index (χ1v) is 5.67. The monoisotopic (exact) mass is 219 g/mol. The predicted octanol–water partition coefficient (Wildman–Crippen LogP) is 1.65. The summed E-state index contributed by atoms with van der Waals surface area (Å²) in [4.78, 5) is 11.7. The molecule has 0 aromatic heterocycles. The van der Waals surface area contributed by atoms with Gasteiger partial charge in [-0.3, -0.25) is 4.79 Å². The highest BCUT2D eigenvalue weighted by Crippen LogP contribution is 2.13. The average Bonchev–Trinajstić information content (AvgIpc) is 2.81. The smallest absolute Gasteiger partial charge is 0.225 e. The molecule has 1 N–H and O–H groups in total. The van der Waals surface area contributed by atoms with Crippen LogP contribution >= 0.6 is 0 Å². The Balaban J connectivity index is 1.87. The number of carbonyl (C=O) groups excluding carboxylic acids is 1. The Bertz CT molecular complexity index is 370. The summed E-state index contributed by atoms with van der Waals surface area (Å²) in [6.07, 6.45) is 0.847. The molecular weight excluding hydrogens is 202 g/mol. The van der Waals surface area contributed by atoms with Crippen LogP contribution in [0.1, 0.15) is 17.5 Å². The van der Waals surface area contributed by atoms with Crippen molar-refractivity contribution in [3.05, 3.63) is 35.4 Å². The maximum atomic E-state index is 11.7. The van der Waals surface area contributed by atoms with Gasteiger partial charge in [0.1, 0.15) is 0 Å². The fraction of sp³-hybridized carbons (Fsp3) is 0.462. The van der Waals surface area contributed by atoms with Crippen molar-refractivity contribution in [3.8, 4) is 0 Å². The van der Waals surface area contributed by atoms with Crippen molar-refractivity contribution < 1.29 is 9.53 Å². The topological polar surface area (TPSA) is 38.3 Å².